The van der Waals surface area contributed by atoms with Crippen molar-refractivity contribution < 1.29 is 0 Å². The van der Waals surface area contributed by atoms with Crippen molar-refractivity contribution in [1.82, 2.24) is 4.90 Å². The molecule has 0 aliphatic carbocycles. The lowest BCUT2D eigenvalue weighted by Gasteiger charge is -2.10. The molecule has 1 saturated heterocycles. The first-order valence-corrected chi connectivity index (χ1v) is 5.36. The molecular weight excluding hydrogens is 184 g/mol. The average Bonchev–Trinajstić information content (AvgIpc) is 2.66. The van der Waals surface area contributed by atoms with Gasteiger partial charge in [-0.1, -0.05) is 18.2 Å². The zero-order valence-corrected chi connectivity index (χ0v) is 9.06. The highest BCUT2D eigenvalue weighted by Crippen LogP contribution is 2.17. The van der Waals surface area contributed by atoms with Gasteiger partial charge in [0.1, 0.15) is 0 Å². The van der Waals surface area contributed by atoms with Gasteiger partial charge < -0.3 is 4.90 Å². The van der Waals surface area contributed by atoms with E-state index < -0.39 is 0 Å². The molecule has 1 aromatic carbocycles. The largest absolute Gasteiger partial charge is 0.378 e. The fourth-order valence-corrected chi connectivity index (χ4v) is 1.77. The molecule has 78 valence electrons. The second-order valence-corrected chi connectivity index (χ2v) is 3.80. The van der Waals surface area contributed by atoms with E-state index in [-0.39, 0.29) is 0 Å². The van der Waals surface area contributed by atoms with Gasteiger partial charge in [-0.05, 0) is 31.1 Å². The molecule has 0 atom stereocenters. The summed E-state index contributed by atoms with van der Waals surface area (Å²) in [5.41, 5.74) is 2.39. The molecule has 0 spiro atoms. The van der Waals surface area contributed by atoms with Crippen molar-refractivity contribution in [3.63, 3.8) is 0 Å². The van der Waals surface area contributed by atoms with Gasteiger partial charge in [-0.25, -0.2) is 0 Å². The van der Waals surface area contributed by atoms with E-state index in [0.717, 1.165) is 5.69 Å². The summed E-state index contributed by atoms with van der Waals surface area (Å²) >= 11 is 0. The Morgan fingerprint density at radius 1 is 1.27 bits per heavy atom. The number of allylic oxidation sites excluding steroid dienone is 2. The topological polar surface area (TPSA) is 15.6 Å². The average molecular weight is 200 g/mol. The van der Waals surface area contributed by atoms with Gasteiger partial charge >= 0.3 is 0 Å². The van der Waals surface area contributed by atoms with Crippen molar-refractivity contribution in [2.75, 3.05) is 13.6 Å². The molecule has 1 fully saturated rings. The molecule has 0 amide bonds. The van der Waals surface area contributed by atoms with Gasteiger partial charge in [0.25, 0.3) is 0 Å². The summed E-state index contributed by atoms with van der Waals surface area (Å²) in [6.45, 7) is 1.17. The Kier molecular flexibility index (Phi) is 3.18. The number of rotatable bonds is 2. The second-order valence-electron chi connectivity index (χ2n) is 3.80. The zero-order chi connectivity index (χ0) is 10.5. The number of aliphatic imine (C=N–C) groups is 1. The molecule has 0 radical (unpaired) electrons. The van der Waals surface area contributed by atoms with Crippen LogP contribution in [0.2, 0.25) is 0 Å². The normalized spacial score (nSPS) is 19.3. The van der Waals surface area contributed by atoms with Crippen molar-refractivity contribution in [2.45, 2.75) is 12.8 Å². The van der Waals surface area contributed by atoms with E-state index in [1.165, 1.54) is 25.1 Å². The van der Waals surface area contributed by atoms with Crippen molar-refractivity contribution >= 4 is 11.9 Å². The molecule has 2 heteroatoms. The van der Waals surface area contributed by atoms with Gasteiger partial charge in [0.2, 0.25) is 0 Å². The predicted octanol–water partition coefficient (Wildman–Crippen LogP) is 3.00. The predicted molar refractivity (Wildman–Crippen MR) is 64.5 cm³/mol. The Balaban J connectivity index is 2.01. The fourth-order valence-electron chi connectivity index (χ4n) is 1.77. The van der Waals surface area contributed by atoms with Gasteiger partial charge in [0, 0.05) is 25.5 Å². The Labute approximate surface area is 90.9 Å². The van der Waals surface area contributed by atoms with Crippen LogP contribution in [-0.4, -0.2) is 24.7 Å². The Morgan fingerprint density at radius 3 is 2.73 bits per heavy atom. The fraction of sp³-hybridized carbons (Fsp3) is 0.308. The van der Waals surface area contributed by atoms with Crippen LogP contribution in [0.1, 0.15) is 12.8 Å². The highest BCUT2D eigenvalue weighted by molar-refractivity contribution is 5.75. The van der Waals surface area contributed by atoms with Crippen LogP contribution in [0, 0.1) is 0 Å². The lowest BCUT2D eigenvalue weighted by atomic mass is 10.3. The van der Waals surface area contributed by atoms with E-state index in [9.17, 15) is 0 Å². The van der Waals surface area contributed by atoms with Crippen molar-refractivity contribution in [3.05, 3.63) is 42.1 Å². The molecule has 0 N–H and O–H groups in total. The minimum atomic E-state index is 1.01. The highest BCUT2D eigenvalue weighted by atomic mass is 15.1. The third kappa shape index (κ3) is 2.69. The van der Waals surface area contributed by atoms with Crippen LogP contribution in [-0.2, 0) is 0 Å². The third-order valence-electron chi connectivity index (χ3n) is 2.66. The first-order chi connectivity index (χ1) is 7.36. The van der Waals surface area contributed by atoms with Crippen LogP contribution in [0.4, 0.5) is 5.69 Å². The quantitative estimate of drug-likeness (QED) is 0.670. The van der Waals surface area contributed by atoms with Crippen molar-refractivity contribution in [2.24, 2.45) is 4.99 Å². The molecule has 1 heterocycles. The van der Waals surface area contributed by atoms with E-state index in [2.05, 4.69) is 23.0 Å². The van der Waals surface area contributed by atoms with Crippen LogP contribution < -0.4 is 0 Å². The number of likely N-dealkylation sites (tertiary alicyclic amines) is 1. The summed E-state index contributed by atoms with van der Waals surface area (Å²) in [4.78, 5) is 6.66. The summed E-state index contributed by atoms with van der Waals surface area (Å²) in [7, 11) is 2.13. The van der Waals surface area contributed by atoms with Gasteiger partial charge in [0.15, 0.2) is 0 Å². The first kappa shape index (κ1) is 9.97. The molecule has 1 aromatic rings. The first-order valence-electron chi connectivity index (χ1n) is 5.36. The van der Waals surface area contributed by atoms with E-state index in [4.69, 9.17) is 0 Å². The number of benzene rings is 1. The number of hydrogen-bond donors (Lipinski definition) is 0. The minimum absolute atomic E-state index is 1.01. The van der Waals surface area contributed by atoms with Crippen molar-refractivity contribution in [1.29, 1.82) is 0 Å². The summed E-state index contributed by atoms with van der Waals surface area (Å²) in [6, 6.07) is 10.0. The molecule has 2 nitrogen and oxygen atoms in total. The summed E-state index contributed by atoms with van der Waals surface area (Å²) in [6.07, 6.45) is 6.45. The van der Waals surface area contributed by atoms with E-state index in [0.29, 0.717) is 0 Å². The standard InChI is InChI=1S/C13H16N2/c1-15-11-5-8-13(15)9-10-14-12-6-3-2-4-7-12/h2-4,6-7,9-10H,5,8,11H2,1H3/b13-9+,14-10?. The van der Waals surface area contributed by atoms with Crippen LogP contribution in [0.3, 0.4) is 0 Å². The maximum absolute atomic E-state index is 4.38. The van der Waals surface area contributed by atoms with Crippen molar-refractivity contribution in [3.8, 4) is 0 Å². The maximum atomic E-state index is 4.38. The second kappa shape index (κ2) is 4.78. The smallest absolute Gasteiger partial charge is 0.0629 e. The summed E-state index contributed by atoms with van der Waals surface area (Å²) < 4.78 is 0. The molecular formula is C13H16N2. The van der Waals surface area contributed by atoms with Crippen LogP contribution in [0.15, 0.2) is 47.1 Å². The zero-order valence-electron chi connectivity index (χ0n) is 9.06. The molecule has 0 bridgehead atoms. The molecule has 1 aliphatic rings. The summed E-state index contributed by atoms with van der Waals surface area (Å²) in [5, 5.41) is 0. The van der Waals surface area contributed by atoms with Gasteiger partial charge in [-0.15, -0.1) is 0 Å². The third-order valence-corrected chi connectivity index (χ3v) is 2.66. The van der Waals surface area contributed by atoms with Gasteiger partial charge in [-0.3, -0.25) is 4.99 Å². The van der Waals surface area contributed by atoms with Crippen LogP contribution >= 0.6 is 0 Å². The highest BCUT2D eigenvalue weighted by Gasteiger charge is 2.10. The molecule has 0 unspecified atom stereocenters. The Bertz CT molecular complexity index is 365. The summed E-state index contributed by atoms with van der Waals surface area (Å²) in [5.74, 6) is 0. The number of nitrogens with zero attached hydrogens (tertiary/aromatic N) is 2. The van der Waals surface area contributed by atoms with Crippen LogP contribution in [0.25, 0.3) is 0 Å². The minimum Gasteiger partial charge on any atom is -0.378 e. The Hall–Kier alpha value is -1.57. The van der Waals surface area contributed by atoms with E-state index >= 15 is 0 Å². The van der Waals surface area contributed by atoms with Crippen LogP contribution in [0.5, 0.6) is 0 Å². The maximum Gasteiger partial charge on any atom is 0.0629 e. The van der Waals surface area contributed by atoms with E-state index in [1.807, 2.05) is 36.5 Å². The lowest BCUT2D eigenvalue weighted by Crippen LogP contribution is -2.09. The molecule has 1 aliphatic heterocycles. The van der Waals surface area contributed by atoms with E-state index in [1.54, 1.807) is 0 Å². The molecule has 0 aromatic heterocycles. The SMILES string of the molecule is CN1CCC/C1=C\C=Nc1ccccc1. The number of para-hydroxylation sites is 1. The number of hydrogen-bond acceptors (Lipinski definition) is 2. The monoisotopic (exact) mass is 200 g/mol. The molecule has 15 heavy (non-hydrogen) atoms. The molecule has 2 rings (SSSR count). The van der Waals surface area contributed by atoms with Gasteiger partial charge in [-0.2, -0.15) is 0 Å². The lowest BCUT2D eigenvalue weighted by molar-refractivity contribution is 0.482. The Morgan fingerprint density at radius 2 is 2.07 bits per heavy atom. The van der Waals surface area contributed by atoms with Gasteiger partial charge in [0.05, 0.1) is 5.69 Å². The molecule has 0 saturated carbocycles.